The molecule has 10 heteroatoms. The molecule has 29 heavy (non-hydrogen) atoms. The van der Waals surface area contributed by atoms with Crippen molar-refractivity contribution in [3.05, 3.63) is 65.6 Å². The van der Waals surface area contributed by atoms with Crippen LogP contribution in [0.25, 0.3) is 17.2 Å². The number of ether oxygens (including phenoxy) is 1. The number of nitrogens with zero attached hydrogens (tertiary/aromatic N) is 5. The molecule has 0 radical (unpaired) electrons. The predicted octanol–water partition coefficient (Wildman–Crippen LogP) is 3.62. The number of benzene rings is 2. The molecule has 4 rings (SSSR count). The molecule has 0 saturated heterocycles. The highest BCUT2D eigenvalue weighted by atomic mass is 35.5. The lowest BCUT2D eigenvalue weighted by Crippen LogP contribution is -2.13. The predicted molar refractivity (Wildman–Crippen MR) is 105 cm³/mol. The zero-order chi connectivity index (χ0) is 20.2. The summed E-state index contributed by atoms with van der Waals surface area (Å²) in [7, 11) is 0. The van der Waals surface area contributed by atoms with Gasteiger partial charge in [0.2, 0.25) is 5.82 Å². The molecule has 2 aromatic heterocycles. The first-order chi connectivity index (χ1) is 14.1. The molecule has 146 valence electrons. The van der Waals surface area contributed by atoms with E-state index in [0.717, 1.165) is 5.69 Å². The van der Waals surface area contributed by atoms with Crippen LogP contribution in [0.1, 0.15) is 17.6 Å². The van der Waals surface area contributed by atoms with Gasteiger partial charge in [-0.25, -0.2) is 4.68 Å². The molecule has 0 unspecified atom stereocenters. The number of carbonyl (C=O) groups excluding carboxylic acids is 1. The van der Waals surface area contributed by atoms with E-state index in [1.165, 1.54) is 4.68 Å². The van der Waals surface area contributed by atoms with E-state index in [0.29, 0.717) is 28.8 Å². The quantitative estimate of drug-likeness (QED) is 0.517. The fourth-order valence-electron chi connectivity index (χ4n) is 2.56. The van der Waals surface area contributed by atoms with Crippen LogP contribution in [0.5, 0.6) is 5.75 Å². The Kier molecular flexibility index (Phi) is 5.21. The smallest absolute Gasteiger partial charge is 0.316 e. The van der Waals surface area contributed by atoms with Gasteiger partial charge in [0, 0.05) is 5.02 Å². The van der Waals surface area contributed by atoms with E-state index in [1.54, 1.807) is 42.6 Å². The first-order valence-electron chi connectivity index (χ1n) is 8.69. The number of para-hydroxylation sites is 2. The van der Waals surface area contributed by atoms with Gasteiger partial charge in [0.15, 0.2) is 5.69 Å². The Bertz CT molecular complexity index is 1160. The lowest BCUT2D eigenvalue weighted by molar-refractivity contribution is 0.0981. The number of nitrogens with one attached hydrogen (secondary N) is 1. The van der Waals surface area contributed by atoms with Crippen LogP contribution in [0.4, 0.5) is 5.69 Å². The van der Waals surface area contributed by atoms with Gasteiger partial charge in [-0.15, -0.1) is 5.10 Å². The molecule has 0 atom stereocenters. The van der Waals surface area contributed by atoms with E-state index in [4.69, 9.17) is 20.9 Å². The zero-order valence-corrected chi connectivity index (χ0v) is 16.0. The van der Waals surface area contributed by atoms with Gasteiger partial charge in [-0.1, -0.05) is 40.2 Å². The van der Waals surface area contributed by atoms with Crippen LogP contribution in [-0.4, -0.2) is 37.6 Å². The largest absolute Gasteiger partial charge is 0.492 e. The van der Waals surface area contributed by atoms with E-state index in [1.807, 2.05) is 19.1 Å². The molecule has 2 heterocycles. The number of halogens is 1. The molecule has 1 amide bonds. The van der Waals surface area contributed by atoms with Gasteiger partial charge in [-0.05, 0) is 37.3 Å². The van der Waals surface area contributed by atoms with Gasteiger partial charge in [0.25, 0.3) is 0 Å². The Morgan fingerprint density at radius 2 is 2.10 bits per heavy atom. The van der Waals surface area contributed by atoms with Crippen molar-refractivity contribution < 1.29 is 14.1 Å². The average Bonchev–Trinajstić information content (AvgIpc) is 3.39. The third-order valence-corrected chi connectivity index (χ3v) is 4.09. The number of aromatic nitrogens is 5. The Balaban J connectivity index is 1.52. The lowest BCUT2D eigenvalue weighted by Gasteiger charge is -2.09. The van der Waals surface area contributed by atoms with Gasteiger partial charge in [0.05, 0.1) is 24.2 Å². The number of carbonyl (C=O) groups is 1. The van der Waals surface area contributed by atoms with Crippen molar-refractivity contribution in [3.63, 3.8) is 0 Å². The number of amides is 1. The molecule has 2 aromatic carbocycles. The first kappa shape index (κ1) is 18.6. The maximum Gasteiger partial charge on any atom is 0.316 e. The number of rotatable bonds is 6. The van der Waals surface area contributed by atoms with E-state index in [2.05, 4.69) is 25.8 Å². The molecule has 0 spiro atoms. The summed E-state index contributed by atoms with van der Waals surface area (Å²) in [5.74, 6) is -0.0733. The van der Waals surface area contributed by atoms with Gasteiger partial charge in [-0.3, -0.25) is 4.79 Å². The third-order valence-electron chi connectivity index (χ3n) is 3.85. The maximum absolute atomic E-state index is 12.5. The van der Waals surface area contributed by atoms with Crippen LogP contribution in [0.2, 0.25) is 5.02 Å². The molecule has 0 aliphatic rings. The lowest BCUT2D eigenvalue weighted by atomic mass is 10.3. The van der Waals surface area contributed by atoms with Crippen molar-refractivity contribution in [2.45, 2.75) is 6.92 Å². The summed E-state index contributed by atoms with van der Waals surface area (Å²) in [5, 5.41) is 15.1. The summed E-state index contributed by atoms with van der Waals surface area (Å²) >= 11 is 6.00. The summed E-state index contributed by atoms with van der Waals surface area (Å²) in [6.45, 7) is 2.33. The van der Waals surface area contributed by atoms with Crippen molar-refractivity contribution >= 4 is 23.2 Å². The minimum atomic E-state index is -0.557. The van der Waals surface area contributed by atoms with Crippen LogP contribution in [0.15, 0.2) is 59.3 Å². The maximum atomic E-state index is 12.5. The minimum absolute atomic E-state index is 0.140. The molecule has 0 aliphatic carbocycles. The van der Waals surface area contributed by atoms with Crippen LogP contribution < -0.4 is 10.1 Å². The summed E-state index contributed by atoms with van der Waals surface area (Å²) in [4.78, 5) is 16.6. The molecule has 1 N–H and O–H groups in total. The van der Waals surface area contributed by atoms with Crippen LogP contribution in [-0.2, 0) is 0 Å². The molecule has 0 aliphatic heterocycles. The SMILES string of the molecule is CCOc1ccccc1NC(=O)c1nc(-c2cn(-c3cccc(Cl)c3)nn2)no1. The first-order valence-corrected chi connectivity index (χ1v) is 9.07. The van der Waals surface area contributed by atoms with Crippen molar-refractivity contribution in [2.24, 2.45) is 0 Å². The highest BCUT2D eigenvalue weighted by Crippen LogP contribution is 2.24. The summed E-state index contributed by atoms with van der Waals surface area (Å²) < 4.78 is 12.1. The standard InChI is InChI=1S/C19H15ClN6O3/c1-2-28-16-9-4-3-8-14(16)21-18(27)19-22-17(24-29-19)15-11-26(25-23-15)13-7-5-6-12(20)10-13/h3-11H,2H2,1H3,(H,21,27). The summed E-state index contributed by atoms with van der Waals surface area (Å²) in [6, 6.07) is 14.2. The highest BCUT2D eigenvalue weighted by Gasteiger charge is 2.19. The number of anilines is 1. The highest BCUT2D eigenvalue weighted by molar-refractivity contribution is 6.30. The van der Waals surface area contributed by atoms with Gasteiger partial charge in [0.1, 0.15) is 5.75 Å². The molecular formula is C19H15ClN6O3. The second kappa shape index (κ2) is 8.11. The molecule has 0 bridgehead atoms. The van der Waals surface area contributed by atoms with Crippen LogP contribution in [0, 0.1) is 0 Å². The van der Waals surface area contributed by atoms with Gasteiger partial charge < -0.3 is 14.6 Å². The van der Waals surface area contributed by atoms with Gasteiger partial charge in [-0.2, -0.15) is 4.98 Å². The fraction of sp³-hybridized carbons (Fsp3) is 0.105. The van der Waals surface area contributed by atoms with Crippen LogP contribution >= 0.6 is 11.6 Å². The van der Waals surface area contributed by atoms with Gasteiger partial charge >= 0.3 is 11.8 Å². The van der Waals surface area contributed by atoms with Crippen molar-refractivity contribution in [2.75, 3.05) is 11.9 Å². The molecule has 4 aromatic rings. The Hall–Kier alpha value is -3.72. The molecular weight excluding hydrogens is 396 g/mol. The van der Waals surface area contributed by atoms with E-state index in [-0.39, 0.29) is 11.7 Å². The zero-order valence-electron chi connectivity index (χ0n) is 15.2. The van der Waals surface area contributed by atoms with E-state index in [9.17, 15) is 4.79 Å². The summed E-state index contributed by atoms with van der Waals surface area (Å²) in [5.41, 5.74) is 1.58. The normalized spacial score (nSPS) is 10.7. The number of hydrogen-bond acceptors (Lipinski definition) is 7. The molecule has 0 fully saturated rings. The monoisotopic (exact) mass is 410 g/mol. The van der Waals surface area contributed by atoms with Crippen LogP contribution in [0.3, 0.4) is 0 Å². The summed E-state index contributed by atoms with van der Waals surface area (Å²) in [6.07, 6.45) is 1.61. The Labute approximate surface area is 170 Å². The molecule has 9 nitrogen and oxygen atoms in total. The Morgan fingerprint density at radius 1 is 1.24 bits per heavy atom. The molecule has 0 saturated carbocycles. The van der Waals surface area contributed by atoms with Crippen molar-refractivity contribution in [3.8, 4) is 23.0 Å². The number of hydrogen-bond donors (Lipinski definition) is 1. The van der Waals surface area contributed by atoms with E-state index >= 15 is 0 Å². The van der Waals surface area contributed by atoms with Crippen molar-refractivity contribution in [1.82, 2.24) is 25.1 Å². The average molecular weight is 411 g/mol. The van der Waals surface area contributed by atoms with E-state index < -0.39 is 5.91 Å². The second-order valence-electron chi connectivity index (χ2n) is 5.83. The minimum Gasteiger partial charge on any atom is -0.492 e. The fourth-order valence-corrected chi connectivity index (χ4v) is 2.74. The third kappa shape index (κ3) is 4.09. The topological polar surface area (TPSA) is 108 Å². The Morgan fingerprint density at radius 3 is 2.93 bits per heavy atom. The second-order valence-corrected chi connectivity index (χ2v) is 6.27. The van der Waals surface area contributed by atoms with Crippen molar-refractivity contribution in [1.29, 1.82) is 0 Å².